The van der Waals surface area contributed by atoms with E-state index in [0.717, 1.165) is 5.56 Å². The molecule has 0 spiro atoms. The number of hydrogen-bond donors (Lipinski definition) is 6. The minimum Gasteiger partial charge on any atom is -0.507 e. The van der Waals surface area contributed by atoms with E-state index in [1.54, 1.807) is 48.5 Å². The van der Waals surface area contributed by atoms with Crippen molar-refractivity contribution in [2.45, 2.75) is 55.5 Å². The maximum Gasteiger partial charge on any atom is 0.233 e. The topological polar surface area (TPSA) is 151 Å². The molecular formula is C36H36FNO8. The van der Waals surface area contributed by atoms with E-state index < -0.39 is 61.0 Å². The van der Waals surface area contributed by atoms with Crippen molar-refractivity contribution in [1.29, 1.82) is 0 Å². The van der Waals surface area contributed by atoms with Gasteiger partial charge in [0.25, 0.3) is 0 Å². The monoisotopic (exact) mass is 629 g/mol. The lowest BCUT2D eigenvalue weighted by Gasteiger charge is -2.48. The van der Waals surface area contributed by atoms with Gasteiger partial charge in [0.15, 0.2) is 0 Å². The van der Waals surface area contributed by atoms with Crippen LogP contribution in [0.15, 0.2) is 97.1 Å². The van der Waals surface area contributed by atoms with Gasteiger partial charge in [0, 0.05) is 11.3 Å². The molecular weight excluding hydrogens is 593 g/mol. The van der Waals surface area contributed by atoms with Crippen LogP contribution in [0, 0.1) is 11.7 Å². The highest BCUT2D eigenvalue weighted by Crippen LogP contribution is 2.48. The molecule has 2 heterocycles. The number of phenolic OH excluding ortho intramolecular Hbond substituents is 1. The third-order valence-electron chi connectivity index (χ3n) is 9.02. The number of benzene rings is 4. The fraction of sp³-hybridized carbons (Fsp3) is 0.306. The smallest absolute Gasteiger partial charge is 0.233 e. The van der Waals surface area contributed by atoms with Crippen LogP contribution in [0.1, 0.15) is 47.8 Å². The first-order chi connectivity index (χ1) is 22.2. The fourth-order valence-corrected chi connectivity index (χ4v) is 6.54. The standard InChI is InChI=1S/C36H36FNO8/c37-24-10-5-11-25(18-24)38-31(27(36(38)45)14-15-28(40)20-6-2-1-3-7-20)22-12-13-26(29(41)17-22)21-8-4-9-23(16-21)35-34(44)33(43)32(42)30(19-39)46-35/h1-13,16-18,27-28,30-35,39-44H,14-15,19H2/t27-,28+,30-,31-,32-,33+,34-,35+/m1/s1. The van der Waals surface area contributed by atoms with Gasteiger partial charge in [0.05, 0.1) is 24.7 Å². The molecule has 8 atom stereocenters. The molecule has 0 aliphatic carbocycles. The zero-order valence-electron chi connectivity index (χ0n) is 24.8. The molecule has 10 heteroatoms. The summed E-state index contributed by atoms with van der Waals surface area (Å²) in [5.41, 5.74) is 3.28. The lowest BCUT2D eigenvalue weighted by Crippen LogP contribution is -2.55. The van der Waals surface area contributed by atoms with E-state index in [-0.39, 0.29) is 11.7 Å². The molecule has 4 aromatic rings. The first kappa shape index (κ1) is 31.8. The summed E-state index contributed by atoms with van der Waals surface area (Å²) in [5.74, 6) is -1.28. The van der Waals surface area contributed by atoms with Gasteiger partial charge < -0.3 is 40.3 Å². The molecule has 0 radical (unpaired) electrons. The minimum atomic E-state index is -1.53. The maximum absolute atomic E-state index is 14.2. The predicted molar refractivity (Wildman–Crippen MR) is 167 cm³/mol. The van der Waals surface area contributed by atoms with Crippen molar-refractivity contribution >= 4 is 11.6 Å². The summed E-state index contributed by atoms with van der Waals surface area (Å²) in [6.07, 6.45) is -6.61. The van der Waals surface area contributed by atoms with Crippen LogP contribution in [-0.2, 0) is 9.53 Å². The van der Waals surface area contributed by atoms with Crippen LogP contribution in [0.2, 0.25) is 0 Å². The van der Waals surface area contributed by atoms with E-state index in [0.29, 0.717) is 40.8 Å². The van der Waals surface area contributed by atoms with Gasteiger partial charge in [0.2, 0.25) is 5.91 Å². The number of nitrogens with zero attached hydrogens (tertiary/aromatic N) is 1. The highest BCUT2D eigenvalue weighted by atomic mass is 19.1. The van der Waals surface area contributed by atoms with Gasteiger partial charge in [-0.1, -0.05) is 66.7 Å². The summed E-state index contributed by atoms with van der Waals surface area (Å²) in [4.78, 5) is 15.0. The van der Waals surface area contributed by atoms with Crippen LogP contribution < -0.4 is 4.90 Å². The van der Waals surface area contributed by atoms with Gasteiger partial charge in [-0.2, -0.15) is 0 Å². The van der Waals surface area contributed by atoms with Crippen molar-refractivity contribution < 1.29 is 44.6 Å². The van der Waals surface area contributed by atoms with E-state index in [4.69, 9.17) is 4.74 Å². The third kappa shape index (κ3) is 6.03. The molecule has 2 aliphatic heterocycles. The Kier molecular flexibility index (Phi) is 9.19. The van der Waals surface area contributed by atoms with Crippen molar-refractivity contribution in [1.82, 2.24) is 0 Å². The molecule has 2 aliphatic rings. The van der Waals surface area contributed by atoms with E-state index in [1.807, 2.05) is 30.3 Å². The van der Waals surface area contributed by atoms with Gasteiger partial charge in [-0.25, -0.2) is 4.39 Å². The van der Waals surface area contributed by atoms with E-state index in [2.05, 4.69) is 0 Å². The van der Waals surface area contributed by atoms with Crippen LogP contribution in [0.4, 0.5) is 10.1 Å². The number of rotatable bonds is 9. The van der Waals surface area contributed by atoms with Crippen molar-refractivity contribution in [3.63, 3.8) is 0 Å². The van der Waals surface area contributed by atoms with E-state index in [9.17, 15) is 39.8 Å². The second kappa shape index (κ2) is 13.3. The molecule has 240 valence electrons. The van der Waals surface area contributed by atoms with Crippen molar-refractivity contribution in [3.05, 3.63) is 120 Å². The number of phenols is 1. The van der Waals surface area contributed by atoms with Crippen LogP contribution in [0.25, 0.3) is 11.1 Å². The number of halogens is 1. The third-order valence-corrected chi connectivity index (χ3v) is 9.02. The lowest BCUT2D eigenvalue weighted by atomic mass is 9.78. The van der Waals surface area contributed by atoms with Crippen LogP contribution in [0.3, 0.4) is 0 Å². The minimum absolute atomic E-state index is 0.0786. The van der Waals surface area contributed by atoms with Crippen LogP contribution in [0.5, 0.6) is 5.75 Å². The second-order valence-corrected chi connectivity index (χ2v) is 11.9. The Balaban J connectivity index is 1.28. The molecule has 0 aromatic heterocycles. The molecule has 0 saturated carbocycles. The van der Waals surface area contributed by atoms with Gasteiger partial charge in [-0.15, -0.1) is 0 Å². The summed E-state index contributed by atoms with van der Waals surface area (Å²) in [7, 11) is 0. The van der Waals surface area contributed by atoms with Gasteiger partial charge >= 0.3 is 0 Å². The number of carbonyl (C=O) groups is 1. The molecule has 0 bridgehead atoms. The largest absolute Gasteiger partial charge is 0.507 e. The first-order valence-electron chi connectivity index (χ1n) is 15.2. The highest BCUT2D eigenvalue weighted by Gasteiger charge is 2.49. The molecule has 2 saturated heterocycles. The average Bonchev–Trinajstić information content (AvgIpc) is 3.06. The number of aliphatic hydroxyl groups is 5. The molecule has 46 heavy (non-hydrogen) atoms. The zero-order chi connectivity index (χ0) is 32.5. The number of carbonyl (C=O) groups excluding carboxylic acids is 1. The van der Waals surface area contributed by atoms with Gasteiger partial charge in [-0.3, -0.25) is 4.79 Å². The Morgan fingerprint density at radius 1 is 0.826 bits per heavy atom. The SMILES string of the molecule is O=C1[C@H](CC[C@H](O)c2ccccc2)[C@@H](c2ccc(-c3cccc([C@@H]4O[C@H](CO)[C@@H](O)[C@H](O)[C@H]4O)c3)c(O)c2)N1c1cccc(F)c1. The molecule has 9 nitrogen and oxygen atoms in total. The number of ether oxygens (including phenoxy) is 1. The Morgan fingerprint density at radius 2 is 1.59 bits per heavy atom. The zero-order valence-corrected chi connectivity index (χ0v) is 24.8. The highest BCUT2D eigenvalue weighted by molar-refractivity contribution is 6.03. The molecule has 4 aromatic carbocycles. The van der Waals surface area contributed by atoms with Crippen molar-refractivity contribution in [2.75, 3.05) is 11.5 Å². The Hall–Kier alpha value is -4.16. The normalized spacial score (nSPS) is 26.9. The number of hydrogen-bond acceptors (Lipinski definition) is 8. The molecule has 6 rings (SSSR count). The Morgan fingerprint density at radius 3 is 2.30 bits per heavy atom. The number of aliphatic hydroxyl groups excluding tert-OH is 5. The molecule has 0 unspecified atom stereocenters. The second-order valence-electron chi connectivity index (χ2n) is 11.9. The maximum atomic E-state index is 14.2. The van der Waals surface area contributed by atoms with Crippen LogP contribution in [-0.4, -0.2) is 67.6 Å². The molecule has 2 fully saturated rings. The Labute approximate surface area is 265 Å². The summed E-state index contributed by atoms with van der Waals surface area (Å²) < 4.78 is 19.9. The van der Waals surface area contributed by atoms with E-state index >= 15 is 0 Å². The first-order valence-corrected chi connectivity index (χ1v) is 15.2. The quantitative estimate of drug-likeness (QED) is 0.153. The summed E-state index contributed by atoms with van der Waals surface area (Å²) in [6, 6.07) is 26.3. The van der Waals surface area contributed by atoms with Gasteiger partial charge in [0.1, 0.15) is 42.1 Å². The lowest BCUT2D eigenvalue weighted by molar-refractivity contribution is -0.231. The van der Waals surface area contributed by atoms with Crippen molar-refractivity contribution in [2.24, 2.45) is 5.92 Å². The van der Waals surface area contributed by atoms with E-state index in [1.165, 1.54) is 23.1 Å². The van der Waals surface area contributed by atoms with Crippen LogP contribution >= 0.6 is 0 Å². The number of aromatic hydroxyl groups is 1. The van der Waals surface area contributed by atoms with Gasteiger partial charge in [-0.05, 0) is 65.4 Å². The van der Waals surface area contributed by atoms with Crippen molar-refractivity contribution in [3.8, 4) is 16.9 Å². The number of anilines is 1. The summed E-state index contributed by atoms with van der Waals surface area (Å²) >= 11 is 0. The molecule has 6 N–H and O–H groups in total. The predicted octanol–water partition coefficient (Wildman–Crippen LogP) is 3.93. The fourth-order valence-electron chi connectivity index (χ4n) is 6.54. The number of β-lactam (4-membered cyclic amide) rings is 1. The number of amides is 1. The average molecular weight is 630 g/mol. The Bertz CT molecular complexity index is 1680. The summed E-state index contributed by atoms with van der Waals surface area (Å²) in [5, 5.41) is 62.6. The summed E-state index contributed by atoms with van der Waals surface area (Å²) in [6.45, 7) is -0.550. The molecule has 1 amide bonds.